The van der Waals surface area contributed by atoms with Crippen LogP contribution in [0.3, 0.4) is 0 Å². The topological polar surface area (TPSA) is 59.8 Å². The molecule has 2 aromatic carbocycles. The van der Waals surface area contributed by atoms with Crippen molar-refractivity contribution in [3.63, 3.8) is 0 Å². The van der Waals surface area contributed by atoms with Crippen LogP contribution in [0.25, 0.3) is 0 Å². The second-order valence-corrected chi connectivity index (χ2v) is 7.37. The van der Waals surface area contributed by atoms with E-state index in [0.29, 0.717) is 17.4 Å². The maximum absolute atomic E-state index is 13.2. The second kappa shape index (κ2) is 6.35. The fourth-order valence-corrected chi connectivity index (χ4v) is 4.19. The molecule has 6 heteroatoms. The molecule has 0 saturated heterocycles. The quantitative estimate of drug-likeness (QED) is 0.722. The number of benzene rings is 2. The number of hydrogen-bond acceptors (Lipinski definition) is 4. The summed E-state index contributed by atoms with van der Waals surface area (Å²) in [6.45, 7) is 0. The molecule has 5 nitrogen and oxygen atoms in total. The molecule has 0 fully saturated rings. The fraction of sp³-hybridized carbons (Fsp3) is 0.190. The number of carbonyl (C=O) groups excluding carboxylic acids is 1. The molecule has 0 bridgehead atoms. The van der Waals surface area contributed by atoms with E-state index in [0.717, 1.165) is 28.8 Å². The molecule has 0 unspecified atom stereocenters. The number of aromatic nitrogens is 3. The first-order valence-electron chi connectivity index (χ1n) is 8.94. The van der Waals surface area contributed by atoms with Crippen LogP contribution in [0.2, 0.25) is 5.02 Å². The molecule has 3 aromatic rings. The summed E-state index contributed by atoms with van der Waals surface area (Å²) in [5.74, 6) is 0.956. The minimum absolute atomic E-state index is 0.131. The van der Waals surface area contributed by atoms with E-state index in [4.69, 9.17) is 11.6 Å². The van der Waals surface area contributed by atoms with Crippen LogP contribution >= 0.6 is 11.6 Å². The molecule has 5 rings (SSSR count). The Morgan fingerprint density at radius 2 is 1.78 bits per heavy atom. The Balaban J connectivity index is 1.58. The lowest BCUT2D eigenvalue weighted by Gasteiger charge is -2.35. The third kappa shape index (κ3) is 2.75. The maximum Gasteiger partial charge on any atom is 0.226 e. The van der Waals surface area contributed by atoms with E-state index < -0.39 is 0 Å². The van der Waals surface area contributed by atoms with Crippen molar-refractivity contribution in [2.24, 2.45) is 0 Å². The van der Waals surface area contributed by atoms with Gasteiger partial charge in [-0.2, -0.15) is 10.1 Å². The first-order chi connectivity index (χ1) is 13.2. The van der Waals surface area contributed by atoms with E-state index in [1.54, 1.807) is 4.68 Å². The zero-order chi connectivity index (χ0) is 18.4. The van der Waals surface area contributed by atoms with Crippen molar-refractivity contribution in [3.05, 3.63) is 88.3 Å². The number of anilines is 1. The first-order valence-corrected chi connectivity index (χ1v) is 9.31. The Morgan fingerprint density at radius 1 is 1.00 bits per heavy atom. The van der Waals surface area contributed by atoms with Gasteiger partial charge in [-0.25, -0.2) is 4.68 Å². The number of nitrogens with zero attached hydrogens (tertiary/aromatic N) is 3. The largest absolute Gasteiger partial charge is 0.328 e. The van der Waals surface area contributed by atoms with Crippen LogP contribution in [0.4, 0.5) is 5.95 Å². The molecule has 0 radical (unpaired) electrons. The van der Waals surface area contributed by atoms with Gasteiger partial charge in [0.05, 0.1) is 0 Å². The predicted molar refractivity (Wildman–Crippen MR) is 104 cm³/mol. The van der Waals surface area contributed by atoms with Crippen molar-refractivity contribution in [1.82, 2.24) is 14.8 Å². The van der Waals surface area contributed by atoms with E-state index in [-0.39, 0.29) is 17.7 Å². The van der Waals surface area contributed by atoms with Crippen molar-refractivity contribution >= 4 is 23.3 Å². The smallest absolute Gasteiger partial charge is 0.226 e. The van der Waals surface area contributed by atoms with E-state index >= 15 is 0 Å². The zero-order valence-electron chi connectivity index (χ0n) is 14.5. The molecule has 1 aromatic heterocycles. The van der Waals surface area contributed by atoms with Crippen LogP contribution in [0.5, 0.6) is 0 Å². The average molecular weight is 377 g/mol. The number of nitrogens with one attached hydrogen (secondary N) is 1. The number of allylic oxidation sites excluding steroid dienone is 2. The molecule has 27 heavy (non-hydrogen) atoms. The van der Waals surface area contributed by atoms with Crippen LogP contribution in [-0.4, -0.2) is 20.5 Å². The number of ketones is 1. The lowest BCUT2D eigenvalue weighted by molar-refractivity contribution is -0.116. The highest BCUT2D eigenvalue weighted by atomic mass is 35.5. The number of Topliss-reactive ketones (excluding diaryl/α,β-unsaturated/α-hetero) is 1. The summed E-state index contributed by atoms with van der Waals surface area (Å²) in [5.41, 5.74) is 3.91. The standard InChI is InChI=1S/C21H17ClN4O/c22-16-8-6-13(7-9-16)15-10-17-19(18(27)11-15)20(14-4-2-1-3-5-14)26-21(25-17)23-12-24-26/h1-9,12,15,20H,10-11H2,(H,23,24,25)/t15-,20+/m1/s1. The highest BCUT2D eigenvalue weighted by Crippen LogP contribution is 2.43. The number of halogens is 1. The van der Waals surface area contributed by atoms with Crippen molar-refractivity contribution in [3.8, 4) is 0 Å². The Bertz CT molecular complexity index is 1040. The summed E-state index contributed by atoms with van der Waals surface area (Å²) in [6, 6.07) is 17.5. The van der Waals surface area contributed by atoms with Gasteiger partial charge in [0, 0.05) is 22.7 Å². The predicted octanol–water partition coefficient (Wildman–Crippen LogP) is 4.35. The SMILES string of the molecule is O=C1C[C@H](c2ccc(Cl)cc2)CC2=C1[C@H](c1ccccc1)n1ncnc1N2. The highest BCUT2D eigenvalue weighted by Gasteiger charge is 2.39. The van der Waals surface area contributed by atoms with Crippen molar-refractivity contribution < 1.29 is 4.79 Å². The van der Waals surface area contributed by atoms with Gasteiger partial charge in [-0.3, -0.25) is 4.79 Å². The van der Waals surface area contributed by atoms with Gasteiger partial charge in [-0.05, 0) is 35.6 Å². The Morgan fingerprint density at radius 3 is 2.56 bits per heavy atom. The van der Waals surface area contributed by atoms with Gasteiger partial charge < -0.3 is 5.32 Å². The van der Waals surface area contributed by atoms with Gasteiger partial charge >= 0.3 is 0 Å². The fourth-order valence-electron chi connectivity index (χ4n) is 4.07. The maximum atomic E-state index is 13.2. The molecule has 2 atom stereocenters. The van der Waals surface area contributed by atoms with Crippen LogP contribution < -0.4 is 5.32 Å². The lowest BCUT2D eigenvalue weighted by Crippen LogP contribution is -2.33. The second-order valence-electron chi connectivity index (χ2n) is 6.94. The first kappa shape index (κ1) is 16.3. The van der Waals surface area contributed by atoms with E-state index in [1.165, 1.54) is 6.33 Å². The Kier molecular flexibility index (Phi) is 3.83. The summed E-state index contributed by atoms with van der Waals surface area (Å²) in [7, 11) is 0. The molecule has 1 N–H and O–H groups in total. The molecule has 1 aliphatic carbocycles. The van der Waals surface area contributed by atoms with Crippen LogP contribution in [-0.2, 0) is 4.79 Å². The lowest BCUT2D eigenvalue weighted by atomic mass is 9.78. The third-order valence-electron chi connectivity index (χ3n) is 5.32. The normalized spacial score (nSPS) is 21.4. The molecule has 0 saturated carbocycles. The van der Waals surface area contributed by atoms with Crippen LogP contribution in [0.1, 0.15) is 35.9 Å². The molecule has 0 amide bonds. The van der Waals surface area contributed by atoms with Crippen LogP contribution in [0.15, 0.2) is 72.2 Å². The van der Waals surface area contributed by atoms with E-state index in [1.807, 2.05) is 54.6 Å². The molecular weight excluding hydrogens is 360 g/mol. The summed E-state index contributed by atoms with van der Waals surface area (Å²) in [5, 5.41) is 8.41. The van der Waals surface area contributed by atoms with E-state index in [9.17, 15) is 4.79 Å². The summed E-state index contributed by atoms with van der Waals surface area (Å²) in [6.07, 6.45) is 2.77. The Hall–Kier alpha value is -2.92. The van der Waals surface area contributed by atoms with Gasteiger partial charge in [0.1, 0.15) is 12.4 Å². The number of hydrogen-bond donors (Lipinski definition) is 1. The minimum Gasteiger partial charge on any atom is -0.328 e. The van der Waals surface area contributed by atoms with Gasteiger partial charge in [0.15, 0.2) is 5.78 Å². The van der Waals surface area contributed by atoms with Crippen molar-refractivity contribution in [2.75, 3.05) is 5.32 Å². The average Bonchev–Trinajstić information content (AvgIpc) is 3.15. The van der Waals surface area contributed by atoms with Crippen LogP contribution in [0, 0.1) is 0 Å². The minimum atomic E-state index is -0.237. The van der Waals surface area contributed by atoms with Crippen molar-refractivity contribution in [1.29, 1.82) is 0 Å². The summed E-state index contributed by atoms with van der Waals surface area (Å²) in [4.78, 5) is 17.5. The van der Waals surface area contributed by atoms with E-state index in [2.05, 4.69) is 15.4 Å². The molecule has 2 heterocycles. The molecule has 2 aliphatic rings. The Labute approximate surface area is 161 Å². The zero-order valence-corrected chi connectivity index (χ0v) is 15.2. The summed E-state index contributed by atoms with van der Waals surface area (Å²) >= 11 is 6.01. The summed E-state index contributed by atoms with van der Waals surface area (Å²) < 4.78 is 1.80. The number of rotatable bonds is 2. The molecule has 134 valence electrons. The van der Waals surface area contributed by atoms with Gasteiger partial charge in [0.25, 0.3) is 0 Å². The van der Waals surface area contributed by atoms with Gasteiger partial charge in [-0.1, -0.05) is 54.1 Å². The van der Waals surface area contributed by atoms with Gasteiger partial charge in [0.2, 0.25) is 5.95 Å². The molecule has 0 spiro atoms. The van der Waals surface area contributed by atoms with Gasteiger partial charge in [-0.15, -0.1) is 0 Å². The molecular formula is C21H17ClN4O. The van der Waals surface area contributed by atoms with Crippen molar-refractivity contribution in [2.45, 2.75) is 24.8 Å². The number of carbonyl (C=O) groups is 1. The third-order valence-corrected chi connectivity index (χ3v) is 5.57. The monoisotopic (exact) mass is 376 g/mol. The molecule has 1 aliphatic heterocycles. The number of fused-ring (bicyclic) bond motifs is 1. The highest BCUT2D eigenvalue weighted by molar-refractivity contribution is 6.30.